The Kier molecular flexibility index (Phi) is 7.39. The van der Waals surface area contributed by atoms with E-state index in [1.165, 1.54) is 0 Å². The summed E-state index contributed by atoms with van der Waals surface area (Å²) in [5.74, 6) is -0.126. The lowest BCUT2D eigenvalue weighted by molar-refractivity contribution is -0.862. The maximum atomic E-state index is 11.9. The van der Waals surface area contributed by atoms with Crippen LogP contribution in [0.3, 0.4) is 0 Å². The van der Waals surface area contributed by atoms with Gasteiger partial charge < -0.3 is 15.5 Å². The van der Waals surface area contributed by atoms with Crippen molar-refractivity contribution in [2.45, 2.75) is 20.3 Å². The van der Waals surface area contributed by atoms with Crippen molar-refractivity contribution in [2.24, 2.45) is 0 Å². The SMILES string of the molecule is CCCNC(=O)C[NH+](C)CC(=O)Nc1ccc(Br)c(C)c1. The van der Waals surface area contributed by atoms with E-state index < -0.39 is 0 Å². The van der Waals surface area contributed by atoms with Gasteiger partial charge in [0.1, 0.15) is 0 Å². The van der Waals surface area contributed by atoms with Crippen LogP contribution < -0.4 is 15.5 Å². The first-order chi connectivity index (χ1) is 9.92. The van der Waals surface area contributed by atoms with Crippen LogP contribution in [0.15, 0.2) is 22.7 Å². The molecule has 0 radical (unpaired) electrons. The summed E-state index contributed by atoms with van der Waals surface area (Å²) in [5.41, 5.74) is 1.83. The zero-order valence-electron chi connectivity index (χ0n) is 12.8. The highest BCUT2D eigenvalue weighted by Crippen LogP contribution is 2.19. The minimum atomic E-state index is -0.0995. The fraction of sp³-hybridized carbons (Fsp3) is 0.467. The van der Waals surface area contributed by atoms with Crippen LogP contribution in [0.4, 0.5) is 5.69 Å². The summed E-state index contributed by atoms with van der Waals surface area (Å²) in [6.45, 7) is 5.21. The average Bonchev–Trinajstić information content (AvgIpc) is 2.40. The molecule has 0 bridgehead atoms. The molecule has 0 spiro atoms. The summed E-state index contributed by atoms with van der Waals surface area (Å²) >= 11 is 3.42. The normalized spacial score (nSPS) is 11.8. The Labute approximate surface area is 134 Å². The summed E-state index contributed by atoms with van der Waals surface area (Å²) in [5, 5.41) is 5.65. The Bertz CT molecular complexity index is 506. The highest BCUT2D eigenvalue weighted by atomic mass is 79.9. The third-order valence-electron chi connectivity index (χ3n) is 2.94. The van der Waals surface area contributed by atoms with Crippen molar-refractivity contribution in [3.63, 3.8) is 0 Å². The van der Waals surface area contributed by atoms with E-state index in [0.717, 1.165) is 27.0 Å². The quantitative estimate of drug-likeness (QED) is 0.674. The van der Waals surface area contributed by atoms with Gasteiger partial charge >= 0.3 is 0 Å². The number of hydrogen-bond acceptors (Lipinski definition) is 2. The monoisotopic (exact) mass is 356 g/mol. The summed E-state index contributed by atoms with van der Waals surface area (Å²) in [4.78, 5) is 24.4. The molecule has 0 heterocycles. The Hall–Kier alpha value is -1.40. The zero-order chi connectivity index (χ0) is 15.8. The minimum Gasteiger partial charge on any atom is -0.351 e. The van der Waals surface area contributed by atoms with E-state index in [-0.39, 0.29) is 18.4 Å². The molecule has 1 rings (SSSR count). The van der Waals surface area contributed by atoms with Crippen molar-refractivity contribution >= 4 is 33.4 Å². The second kappa shape index (κ2) is 8.79. The molecule has 2 amide bonds. The molecule has 5 nitrogen and oxygen atoms in total. The number of carbonyl (C=O) groups is 2. The fourth-order valence-electron chi connectivity index (χ4n) is 1.87. The van der Waals surface area contributed by atoms with E-state index in [9.17, 15) is 9.59 Å². The highest BCUT2D eigenvalue weighted by molar-refractivity contribution is 9.10. The molecule has 0 aromatic heterocycles. The summed E-state index contributed by atoms with van der Waals surface area (Å²) in [6, 6.07) is 5.66. The molecular formula is C15H23BrN3O2+. The number of rotatable bonds is 7. The molecule has 0 aliphatic rings. The van der Waals surface area contributed by atoms with Gasteiger partial charge in [-0.15, -0.1) is 0 Å². The zero-order valence-corrected chi connectivity index (χ0v) is 14.3. The molecule has 0 saturated carbocycles. The first kappa shape index (κ1) is 17.7. The number of benzene rings is 1. The Morgan fingerprint density at radius 3 is 2.52 bits per heavy atom. The fourth-order valence-corrected chi connectivity index (χ4v) is 2.11. The van der Waals surface area contributed by atoms with Gasteiger partial charge in [0.15, 0.2) is 13.1 Å². The number of halogens is 1. The molecule has 0 saturated heterocycles. The second-order valence-corrected chi connectivity index (χ2v) is 6.03. The molecule has 3 N–H and O–H groups in total. The van der Waals surface area contributed by atoms with E-state index in [1.54, 1.807) is 0 Å². The lowest BCUT2D eigenvalue weighted by Crippen LogP contribution is -3.11. The number of hydrogen-bond donors (Lipinski definition) is 3. The number of nitrogens with one attached hydrogen (secondary N) is 3. The van der Waals surface area contributed by atoms with Gasteiger partial charge in [-0.3, -0.25) is 9.59 Å². The van der Waals surface area contributed by atoms with E-state index in [1.807, 2.05) is 39.1 Å². The molecule has 1 unspecified atom stereocenters. The van der Waals surface area contributed by atoms with Crippen LogP contribution in [0.25, 0.3) is 0 Å². The number of carbonyl (C=O) groups excluding carboxylic acids is 2. The van der Waals surface area contributed by atoms with Crippen molar-refractivity contribution in [3.8, 4) is 0 Å². The van der Waals surface area contributed by atoms with Gasteiger partial charge in [-0.05, 0) is 37.1 Å². The second-order valence-electron chi connectivity index (χ2n) is 5.17. The maximum Gasteiger partial charge on any atom is 0.279 e. The van der Waals surface area contributed by atoms with Crippen LogP contribution in [0.1, 0.15) is 18.9 Å². The van der Waals surface area contributed by atoms with Gasteiger partial charge in [0.05, 0.1) is 7.05 Å². The molecule has 0 aliphatic heterocycles. The van der Waals surface area contributed by atoms with Crippen molar-refractivity contribution in [2.75, 3.05) is 32.0 Å². The van der Waals surface area contributed by atoms with Crippen LogP contribution in [0.2, 0.25) is 0 Å². The molecule has 1 aromatic carbocycles. The number of quaternary nitrogens is 1. The van der Waals surface area contributed by atoms with Crippen LogP contribution >= 0.6 is 15.9 Å². The average molecular weight is 357 g/mol. The molecule has 1 atom stereocenters. The highest BCUT2D eigenvalue weighted by Gasteiger charge is 2.14. The summed E-state index contributed by atoms with van der Waals surface area (Å²) < 4.78 is 1.01. The number of anilines is 1. The smallest absolute Gasteiger partial charge is 0.279 e. The predicted molar refractivity (Wildman–Crippen MR) is 87.4 cm³/mol. The van der Waals surface area contributed by atoms with E-state index in [2.05, 4.69) is 26.6 Å². The summed E-state index contributed by atoms with van der Waals surface area (Å²) in [7, 11) is 1.83. The number of amides is 2. The summed E-state index contributed by atoms with van der Waals surface area (Å²) in [6.07, 6.45) is 0.911. The minimum absolute atomic E-state index is 0.0263. The molecular weight excluding hydrogens is 334 g/mol. The Morgan fingerprint density at radius 1 is 1.24 bits per heavy atom. The topological polar surface area (TPSA) is 62.6 Å². The molecule has 21 heavy (non-hydrogen) atoms. The first-order valence-corrected chi connectivity index (χ1v) is 7.85. The third kappa shape index (κ3) is 6.73. The van der Waals surface area contributed by atoms with Gasteiger partial charge in [0.25, 0.3) is 11.8 Å². The van der Waals surface area contributed by atoms with Gasteiger partial charge in [-0.25, -0.2) is 0 Å². The predicted octanol–water partition coefficient (Wildman–Crippen LogP) is 0.737. The van der Waals surface area contributed by atoms with Crippen LogP contribution in [-0.4, -0.2) is 38.5 Å². The van der Waals surface area contributed by atoms with Crippen LogP contribution in [-0.2, 0) is 9.59 Å². The third-order valence-corrected chi connectivity index (χ3v) is 3.83. The van der Waals surface area contributed by atoms with E-state index in [0.29, 0.717) is 13.1 Å². The molecule has 6 heteroatoms. The largest absolute Gasteiger partial charge is 0.351 e. The van der Waals surface area contributed by atoms with E-state index >= 15 is 0 Å². The first-order valence-electron chi connectivity index (χ1n) is 7.06. The van der Waals surface area contributed by atoms with Gasteiger partial charge in [-0.2, -0.15) is 0 Å². The molecule has 0 aliphatic carbocycles. The van der Waals surface area contributed by atoms with Crippen LogP contribution in [0.5, 0.6) is 0 Å². The van der Waals surface area contributed by atoms with Crippen LogP contribution in [0, 0.1) is 6.92 Å². The molecule has 0 fully saturated rings. The van der Waals surface area contributed by atoms with Crippen molar-refractivity contribution in [1.82, 2.24) is 5.32 Å². The van der Waals surface area contributed by atoms with E-state index in [4.69, 9.17) is 0 Å². The number of likely N-dealkylation sites (N-methyl/N-ethyl adjacent to an activating group) is 1. The molecule has 1 aromatic rings. The standard InChI is InChI=1S/C15H22BrN3O2/c1-4-7-17-14(20)9-19(3)10-15(21)18-12-5-6-13(16)11(2)8-12/h5-6,8H,4,7,9-10H2,1-3H3,(H,17,20)(H,18,21)/p+1. The maximum absolute atomic E-state index is 11.9. The van der Waals surface area contributed by atoms with Gasteiger partial charge in [-0.1, -0.05) is 22.9 Å². The molecule has 116 valence electrons. The van der Waals surface area contributed by atoms with Crippen molar-refractivity contribution < 1.29 is 14.5 Å². The van der Waals surface area contributed by atoms with Gasteiger partial charge in [0.2, 0.25) is 0 Å². The Balaban J connectivity index is 2.42. The lowest BCUT2D eigenvalue weighted by atomic mass is 10.2. The lowest BCUT2D eigenvalue weighted by Gasteiger charge is -2.14. The van der Waals surface area contributed by atoms with Crippen molar-refractivity contribution in [1.29, 1.82) is 0 Å². The number of aryl methyl sites for hydroxylation is 1. The van der Waals surface area contributed by atoms with Gasteiger partial charge in [0, 0.05) is 16.7 Å². The Morgan fingerprint density at radius 2 is 1.90 bits per heavy atom. The van der Waals surface area contributed by atoms with Crippen molar-refractivity contribution in [3.05, 3.63) is 28.2 Å².